The normalized spacial score (nSPS) is 31.2. The first-order chi connectivity index (χ1) is 11.2. The van der Waals surface area contributed by atoms with E-state index in [-0.39, 0.29) is 5.54 Å². The summed E-state index contributed by atoms with van der Waals surface area (Å²) in [6, 6.07) is 1.91. The Balaban J connectivity index is 1.78. The average molecular weight is 345 g/mol. The molecule has 1 spiro atoms. The molecule has 2 unspecified atom stereocenters. The highest BCUT2D eigenvalue weighted by atomic mass is 28.3. The highest BCUT2D eigenvalue weighted by Gasteiger charge is 2.45. The Bertz CT molecular complexity index is 547. The first-order valence-electron chi connectivity index (χ1n) is 9.77. The Hall–Kier alpha value is -0.643. The van der Waals surface area contributed by atoms with Gasteiger partial charge in [-0.15, -0.1) is 0 Å². The summed E-state index contributed by atoms with van der Waals surface area (Å²) in [5.41, 5.74) is 2.26. The number of likely N-dealkylation sites (tertiary alicyclic amines) is 1. The van der Waals surface area contributed by atoms with Crippen LogP contribution in [0.15, 0.2) is 36.0 Å². The fourth-order valence-electron chi connectivity index (χ4n) is 5.24. The van der Waals surface area contributed by atoms with E-state index in [4.69, 9.17) is 0 Å². The summed E-state index contributed by atoms with van der Waals surface area (Å²) in [6.45, 7) is 14.5. The predicted octanol–water partition coefficient (Wildman–Crippen LogP) is 4.88. The lowest BCUT2D eigenvalue weighted by Gasteiger charge is -2.39. The maximum atomic E-state index is 3.95. The van der Waals surface area contributed by atoms with E-state index >= 15 is 0 Å². The molecule has 0 saturated carbocycles. The Labute approximate surface area is 150 Å². The molecule has 3 rings (SSSR count). The van der Waals surface area contributed by atoms with Gasteiger partial charge in [-0.25, -0.2) is 0 Å². The van der Waals surface area contributed by atoms with E-state index in [1.54, 1.807) is 5.57 Å². The summed E-state index contributed by atoms with van der Waals surface area (Å²) in [4.78, 5) is 6.70. The van der Waals surface area contributed by atoms with Crippen molar-refractivity contribution in [2.75, 3.05) is 13.1 Å². The molecule has 1 N–H and O–H groups in total. The molecule has 0 amide bonds. The monoisotopic (exact) mass is 344 g/mol. The molecule has 1 fully saturated rings. The van der Waals surface area contributed by atoms with Gasteiger partial charge in [-0.3, -0.25) is 4.90 Å². The molecule has 1 aliphatic heterocycles. The summed E-state index contributed by atoms with van der Waals surface area (Å²) < 4.78 is 0. The number of hydrogen-bond acceptors (Lipinski definition) is 2. The lowest BCUT2D eigenvalue weighted by molar-refractivity contribution is 0.171. The maximum Gasteiger partial charge on any atom is 0.123 e. The Kier molecular flexibility index (Phi) is 4.98. The molecule has 1 heterocycles. The summed E-state index contributed by atoms with van der Waals surface area (Å²) in [6.07, 6.45) is 17.3. The highest BCUT2D eigenvalue weighted by molar-refractivity contribution is 6.75. The molecule has 24 heavy (non-hydrogen) atoms. The highest BCUT2D eigenvalue weighted by Crippen LogP contribution is 2.48. The van der Waals surface area contributed by atoms with Crippen LogP contribution >= 0.6 is 0 Å². The number of allylic oxidation sites excluding steroid dienone is 4. The lowest BCUT2D eigenvalue weighted by Crippen LogP contribution is -2.54. The Morgan fingerprint density at radius 3 is 2.50 bits per heavy atom. The van der Waals surface area contributed by atoms with E-state index in [9.17, 15) is 0 Å². The van der Waals surface area contributed by atoms with Gasteiger partial charge in [-0.2, -0.15) is 0 Å². The molecule has 1 saturated heterocycles. The van der Waals surface area contributed by atoms with Crippen LogP contribution in [0, 0.1) is 5.41 Å². The molecule has 0 aromatic rings. The third-order valence-corrected chi connectivity index (χ3v) is 8.39. The number of rotatable bonds is 4. The van der Waals surface area contributed by atoms with E-state index in [0.29, 0.717) is 11.5 Å². The molecule has 0 aromatic carbocycles. The number of nitrogens with zero attached hydrogens (tertiary/aromatic N) is 1. The lowest BCUT2D eigenvalue weighted by atomic mass is 9.75. The quantitative estimate of drug-likeness (QED) is 0.578. The number of nitrogens with one attached hydrogen (secondary N) is 1. The SMILES string of the molecule is CC(C)(C)N[Si](C)(C)CC1=CC(N2CCCC2)C2(C=CC=CC2)C1. The molecular formula is C21H36N2Si. The zero-order valence-electron chi connectivity index (χ0n) is 16.4. The zero-order chi connectivity index (χ0) is 17.4. The van der Waals surface area contributed by atoms with Gasteiger partial charge in [0.1, 0.15) is 8.24 Å². The predicted molar refractivity (Wildman–Crippen MR) is 108 cm³/mol. The minimum Gasteiger partial charge on any atom is -0.332 e. The van der Waals surface area contributed by atoms with Crippen LogP contribution in [0.5, 0.6) is 0 Å². The van der Waals surface area contributed by atoms with Crippen molar-refractivity contribution in [3.8, 4) is 0 Å². The zero-order valence-corrected chi connectivity index (χ0v) is 17.4. The van der Waals surface area contributed by atoms with Crippen LogP contribution in [0.25, 0.3) is 0 Å². The third kappa shape index (κ3) is 4.12. The third-order valence-electron chi connectivity index (χ3n) is 5.63. The molecule has 3 heteroatoms. The largest absolute Gasteiger partial charge is 0.332 e. The molecular weight excluding hydrogens is 308 g/mol. The van der Waals surface area contributed by atoms with Crippen molar-refractivity contribution < 1.29 is 0 Å². The van der Waals surface area contributed by atoms with Gasteiger partial charge in [-0.05, 0) is 65.6 Å². The second kappa shape index (κ2) is 6.58. The fourth-order valence-corrected chi connectivity index (χ4v) is 8.74. The molecule has 2 nitrogen and oxygen atoms in total. The molecule has 3 aliphatic rings. The molecule has 2 aliphatic carbocycles. The van der Waals surface area contributed by atoms with E-state index in [2.05, 4.69) is 74.1 Å². The van der Waals surface area contributed by atoms with Gasteiger partial charge in [0.05, 0.1) is 0 Å². The van der Waals surface area contributed by atoms with Crippen LogP contribution < -0.4 is 4.98 Å². The second-order valence-corrected chi connectivity index (χ2v) is 14.2. The van der Waals surface area contributed by atoms with Gasteiger partial charge in [0.25, 0.3) is 0 Å². The molecule has 2 atom stereocenters. The van der Waals surface area contributed by atoms with Crippen molar-refractivity contribution in [2.24, 2.45) is 5.41 Å². The van der Waals surface area contributed by atoms with E-state index < -0.39 is 8.24 Å². The van der Waals surface area contributed by atoms with Gasteiger partial charge < -0.3 is 4.98 Å². The van der Waals surface area contributed by atoms with Crippen LogP contribution in [-0.4, -0.2) is 37.8 Å². The van der Waals surface area contributed by atoms with E-state index in [0.717, 1.165) is 0 Å². The second-order valence-electron chi connectivity index (χ2n) is 9.85. The standard InChI is InChI=1S/C21H36N2Si/c1-20(2,3)22-24(4,5)17-18-15-19(23-13-9-10-14-23)21(16-18)11-7-6-8-12-21/h6-8,11,15,19,22H,9-10,12-14,16-17H2,1-5H3. The molecule has 134 valence electrons. The van der Waals surface area contributed by atoms with Crippen molar-refractivity contribution in [3.63, 3.8) is 0 Å². The van der Waals surface area contributed by atoms with Crippen LogP contribution in [-0.2, 0) is 0 Å². The first-order valence-corrected chi connectivity index (χ1v) is 13.0. The summed E-state index contributed by atoms with van der Waals surface area (Å²) in [7, 11) is -1.43. The molecule has 0 radical (unpaired) electrons. The first kappa shape index (κ1) is 18.2. The van der Waals surface area contributed by atoms with Crippen LogP contribution in [0.4, 0.5) is 0 Å². The minimum atomic E-state index is -1.43. The van der Waals surface area contributed by atoms with Gasteiger partial charge >= 0.3 is 0 Å². The average Bonchev–Trinajstić information content (AvgIpc) is 3.05. The van der Waals surface area contributed by atoms with Crippen molar-refractivity contribution in [3.05, 3.63) is 36.0 Å². The molecule has 0 bridgehead atoms. The van der Waals surface area contributed by atoms with Crippen LogP contribution in [0.2, 0.25) is 19.1 Å². The minimum absolute atomic E-state index is 0.217. The van der Waals surface area contributed by atoms with Gasteiger partial charge in [0, 0.05) is 17.0 Å². The smallest absolute Gasteiger partial charge is 0.123 e. The fraction of sp³-hybridized carbons (Fsp3) is 0.714. The maximum absolute atomic E-state index is 3.95. The van der Waals surface area contributed by atoms with E-state index in [1.807, 2.05) is 0 Å². The Morgan fingerprint density at radius 2 is 1.92 bits per heavy atom. The van der Waals surface area contributed by atoms with Gasteiger partial charge in [0.2, 0.25) is 0 Å². The van der Waals surface area contributed by atoms with Crippen molar-refractivity contribution >= 4 is 8.24 Å². The number of hydrogen-bond donors (Lipinski definition) is 1. The van der Waals surface area contributed by atoms with Gasteiger partial charge in [-0.1, -0.05) is 49.0 Å². The summed E-state index contributed by atoms with van der Waals surface area (Å²) in [5, 5.41) is 0. The van der Waals surface area contributed by atoms with Crippen molar-refractivity contribution in [1.82, 2.24) is 9.88 Å². The van der Waals surface area contributed by atoms with Gasteiger partial charge in [0.15, 0.2) is 0 Å². The van der Waals surface area contributed by atoms with Crippen molar-refractivity contribution in [1.29, 1.82) is 0 Å². The topological polar surface area (TPSA) is 15.3 Å². The summed E-state index contributed by atoms with van der Waals surface area (Å²) >= 11 is 0. The Morgan fingerprint density at radius 1 is 1.21 bits per heavy atom. The van der Waals surface area contributed by atoms with Crippen LogP contribution in [0.1, 0.15) is 46.5 Å². The van der Waals surface area contributed by atoms with E-state index in [1.165, 1.54) is 44.8 Å². The molecule has 0 aromatic heterocycles. The summed E-state index contributed by atoms with van der Waals surface area (Å²) in [5.74, 6) is 0. The van der Waals surface area contributed by atoms with Crippen LogP contribution in [0.3, 0.4) is 0 Å². The van der Waals surface area contributed by atoms with Crippen molar-refractivity contribution in [2.45, 2.75) is 77.2 Å².